The van der Waals surface area contributed by atoms with Gasteiger partial charge in [0.1, 0.15) is 17.8 Å². The van der Waals surface area contributed by atoms with E-state index in [1.54, 1.807) is 20.2 Å². The lowest BCUT2D eigenvalue weighted by atomic mass is 10.1. The minimum Gasteiger partial charge on any atom is -0.427 e. The van der Waals surface area contributed by atoms with Crippen LogP contribution in [0, 0.1) is 6.92 Å². The molecule has 0 aliphatic carbocycles. The second-order valence-electron chi connectivity index (χ2n) is 10.0. The maximum atomic E-state index is 12.9. The summed E-state index contributed by atoms with van der Waals surface area (Å²) in [6.07, 6.45) is 3.21. The van der Waals surface area contributed by atoms with Crippen molar-refractivity contribution < 1.29 is 22.8 Å². The van der Waals surface area contributed by atoms with Gasteiger partial charge < -0.3 is 18.8 Å². The monoisotopic (exact) mass is 620 g/mol. The Bertz CT molecular complexity index is 1760. The third kappa shape index (κ3) is 7.43. The van der Waals surface area contributed by atoms with Crippen LogP contribution in [0.25, 0.3) is 28.3 Å². The van der Waals surface area contributed by atoms with E-state index in [1.807, 2.05) is 78.2 Å². The number of oxazole rings is 1. The number of hydrogen-bond acceptors (Lipinski definition) is 7. The van der Waals surface area contributed by atoms with Crippen LogP contribution in [0.15, 0.2) is 77.5 Å². The molecule has 0 aliphatic rings. The average Bonchev–Trinajstić information content (AvgIpc) is 3.59. The fourth-order valence-corrected chi connectivity index (χ4v) is 6.70. The molecule has 0 spiro atoms. The molecular weight excluding hydrogens is 587 g/mol. The highest BCUT2D eigenvalue weighted by molar-refractivity contribution is 7.53. The number of fused-ring (bicyclic) bond motifs is 1. The van der Waals surface area contributed by atoms with Crippen LogP contribution in [0.4, 0.5) is 5.69 Å². The van der Waals surface area contributed by atoms with Crippen LogP contribution in [-0.2, 0) is 31.0 Å². The molecule has 1 N–H and O–H groups in total. The predicted octanol–water partition coefficient (Wildman–Crippen LogP) is 8.37. The lowest BCUT2D eigenvalue weighted by molar-refractivity contribution is -0.116. The lowest BCUT2D eigenvalue weighted by Crippen LogP contribution is -2.12. The van der Waals surface area contributed by atoms with Gasteiger partial charge >= 0.3 is 13.6 Å². The van der Waals surface area contributed by atoms with Gasteiger partial charge in [0.15, 0.2) is 0 Å². The molecule has 0 aliphatic heterocycles. The van der Waals surface area contributed by atoms with Crippen LogP contribution < -0.4 is 5.32 Å². The van der Waals surface area contributed by atoms with Gasteiger partial charge in [-0.2, -0.15) is 4.98 Å². The van der Waals surface area contributed by atoms with E-state index in [2.05, 4.69) is 10.3 Å². The number of para-hydroxylation sites is 2. The first-order chi connectivity index (χ1) is 20.8. The minimum absolute atomic E-state index is 0.112. The number of halogens is 1. The zero-order valence-electron chi connectivity index (χ0n) is 24.4. The number of aryl methyl sites for hydroxylation is 2. The Morgan fingerprint density at radius 1 is 1.05 bits per heavy atom. The minimum atomic E-state index is -3.22. The summed E-state index contributed by atoms with van der Waals surface area (Å²) in [5, 5.41) is 3.62. The third-order valence-corrected chi connectivity index (χ3v) is 9.17. The number of nitrogens with zero attached hydrogens (tertiary/aromatic N) is 3. The molecule has 5 aromatic rings. The summed E-state index contributed by atoms with van der Waals surface area (Å²) in [6, 6.07) is 21.2. The summed E-state index contributed by atoms with van der Waals surface area (Å²) in [5.74, 6) is 0.565. The summed E-state index contributed by atoms with van der Waals surface area (Å²) in [4.78, 5) is 22.2. The lowest BCUT2D eigenvalue weighted by Gasteiger charge is -2.18. The first-order valence-electron chi connectivity index (χ1n) is 14.2. The topological polar surface area (TPSA) is 108 Å². The zero-order valence-corrected chi connectivity index (χ0v) is 26.0. The Morgan fingerprint density at radius 2 is 1.79 bits per heavy atom. The van der Waals surface area contributed by atoms with Crippen molar-refractivity contribution in [2.75, 3.05) is 18.5 Å². The molecule has 0 radical (unpaired) electrons. The number of carbonyl (C=O) groups excluding carboxylic acids is 1. The number of rotatable bonds is 13. The normalized spacial score (nSPS) is 11.7. The Morgan fingerprint density at radius 3 is 2.51 bits per heavy atom. The molecule has 224 valence electrons. The van der Waals surface area contributed by atoms with E-state index in [0.29, 0.717) is 54.2 Å². The van der Waals surface area contributed by atoms with Gasteiger partial charge in [0.25, 0.3) is 0 Å². The van der Waals surface area contributed by atoms with Gasteiger partial charge in [-0.15, -0.1) is 0 Å². The van der Waals surface area contributed by atoms with Crippen molar-refractivity contribution in [2.45, 2.75) is 46.2 Å². The largest absolute Gasteiger partial charge is 0.427 e. The second-order valence-corrected chi connectivity index (χ2v) is 12.5. The fraction of sp³-hybridized carbons (Fsp3) is 0.281. The van der Waals surface area contributed by atoms with Crippen molar-refractivity contribution in [2.24, 2.45) is 0 Å². The predicted molar refractivity (Wildman–Crippen MR) is 169 cm³/mol. The molecule has 11 heteroatoms. The summed E-state index contributed by atoms with van der Waals surface area (Å²) in [5.41, 5.74) is 5.69. The van der Waals surface area contributed by atoms with E-state index in [1.165, 1.54) is 0 Å². The molecular formula is C32H34ClN4O5P. The number of nitrogens with one attached hydrogen (secondary N) is 1. The molecule has 2 heterocycles. The van der Waals surface area contributed by atoms with E-state index in [4.69, 9.17) is 30.0 Å². The van der Waals surface area contributed by atoms with E-state index < -0.39 is 7.60 Å². The number of aromatic nitrogens is 3. The number of hydrogen-bond donors (Lipinski definition) is 1. The molecule has 0 saturated carbocycles. The molecule has 0 saturated heterocycles. The molecule has 2 aromatic heterocycles. The fourth-order valence-electron chi connectivity index (χ4n) is 4.89. The van der Waals surface area contributed by atoms with E-state index >= 15 is 0 Å². The Balaban J connectivity index is 1.27. The summed E-state index contributed by atoms with van der Waals surface area (Å²) < 4.78 is 31.8. The van der Waals surface area contributed by atoms with Crippen LogP contribution in [0.5, 0.6) is 0 Å². The van der Waals surface area contributed by atoms with Gasteiger partial charge in [0, 0.05) is 29.1 Å². The first kappa shape index (κ1) is 30.7. The first-order valence-corrected chi connectivity index (χ1v) is 16.3. The Labute approximate surface area is 255 Å². The second kappa shape index (κ2) is 13.7. The van der Waals surface area contributed by atoms with E-state index in [0.717, 1.165) is 27.7 Å². The number of anilines is 1. The zero-order chi connectivity index (χ0) is 30.4. The quantitative estimate of drug-likeness (QED) is 0.132. The molecule has 0 bridgehead atoms. The Kier molecular flexibility index (Phi) is 9.78. The van der Waals surface area contributed by atoms with Crippen LogP contribution in [0.1, 0.15) is 43.6 Å². The van der Waals surface area contributed by atoms with Crippen molar-refractivity contribution in [1.82, 2.24) is 14.5 Å². The highest BCUT2D eigenvalue weighted by atomic mass is 35.5. The van der Waals surface area contributed by atoms with Crippen molar-refractivity contribution in [3.8, 4) is 17.3 Å². The molecule has 0 unspecified atom stereocenters. The van der Waals surface area contributed by atoms with Crippen molar-refractivity contribution in [1.29, 1.82) is 0 Å². The van der Waals surface area contributed by atoms with Crippen molar-refractivity contribution in [3.63, 3.8) is 0 Å². The highest BCUT2D eigenvalue weighted by Crippen LogP contribution is 2.51. The van der Waals surface area contributed by atoms with Gasteiger partial charge in [0.2, 0.25) is 5.91 Å². The molecule has 5 rings (SSSR count). The summed E-state index contributed by atoms with van der Waals surface area (Å²) in [6.45, 7) is 6.09. The number of benzene rings is 3. The van der Waals surface area contributed by atoms with Crippen LogP contribution in [-0.4, -0.2) is 33.7 Å². The van der Waals surface area contributed by atoms with Gasteiger partial charge in [-0.05, 0) is 68.7 Å². The number of carbonyl (C=O) groups is 1. The average molecular weight is 621 g/mol. The molecule has 0 atom stereocenters. The molecule has 9 nitrogen and oxygen atoms in total. The molecule has 3 aromatic carbocycles. The Hall–Kier alpha value is -3.75. The van der Waals surface area contributed by atoms with Crippen LogP contribution in [0.2, 0.25) is 5.02 Å². The van der Waals surface area contributed by atoms with Crippen LogP contribution in [0.3, 0.4) is 0 Å². The maximum Gasteiger partial charge on any atom is 0.335 e. The SMILES string of the molecule is CCOP(=O)(Cc1ccc(NC(=O)CCCc2oc(-n3cnc4ccccc43)nc2-c2ccc(Cl)cc2)c(C)c1)OCC. The summed E-state index contributed by atoms with van der Waals surface area (Å²) >= 11 is 6.12. The molecule has 1 amide bonds. The van der Waals surface area contributed by atoms with Crippen molar-refractivity contribution >= 4 is 41.8 Å². The molecule has 43 heavy (non-hydrogen) atoms. The van der Waals surface area contributed by atoms with E-state index in [-0.39, 0.29) is 18.5 Å². The van der Waals surface area contributed by atoms with Gasteiger partial charge in [0.05, 0.1) is 30.4 Å². The maximum absolute atomic E-state index is 12.9. The molecule has 0 fully saturated rings. The van der Waals surface area contributed by atoms with Gasteiger partial charge in [-0.3, -0.25) is 13.9 Å². The van der Waals surface area contributed by atoms with Crippen LogP contribution >= 0.6 is 19.2 Å². The van der Waals surface area contributed by atoms with Gasteiger partial charge in [-0.1, -0.05) is 48.0 Å². The number of amides is 1. The number of imidazole rings is 1. The van der Waals surface area contributed by atoms with E-state index in [9.17, 15) is 9.36 Å². The highest BCUT2D eigenvalue weighted by Gasteiger charge is 2.24. The third-order valence-electron chi connectivity index (χ3n) is 6.86. The summed E-state index contributed by atoms with van der Waals surface area (Å²) in [7, 11) is -3.22. The van der Waals surface area contributed by atoms with Crippen molar-refractivity contribution in [3.05, 3.63) is 95.0 Å². The standard InChI is InChI=1S/C32H34ClN4O5P/c1-4-40-43(39,41-5-2)20-23-13-18-26(22(3)19-23)35-30(38)12-8-11-29-31(24-14-16-25(33)17-15-24)36-32(42-29)37-21-34-27-9-6-7-10-28(27)37/h6-7,9-10,13-19,21H,4-5,8,11-12,20H2,1-3H3,(H,35,38). The van der Waals surface area contributed by atoms with Gasteiger partial charge in [-0.25, -0.2) is 4.98 Å². The smallest absolute Gasteiger partial charge is 0.335 e.